The summed E-state index contributed by atoms with van der Waals surface area (Å²) in [5.41, 5.74) is 1.18. The van der Waals surface area contributed by atoms with Crippen molar-refractivity contribution in [3.05, 3.63) is 22.4 Å². The van der Waals surface area contributed by atoms with Crippen molar-refractivity contribution >= 4 is 23.2 Å². The zero-order valence-electron chi connectivity index (χ0n) is 12.8. The number of hydrogen-bond acceptors (Lipinski definition) is 4. The summed E-state index contributed by atoms with van der Waals surface area (Å²) < 4.78 is 0. The molecule has 1 aliphatic rings. The number of likely N-dealkylation sites (tertiary alicyclic amines) is 1. The molecule has 122 valence electrons. The van der Waals surface area contributed by atoms with E-state index in [0.29, 0.717) is 19.5 Å². The van der Waals surface area contributed by atoms with Crippen LogP contribution < -0.4 is 5.32 Å². The van der Waals surface area contributed by atoms with E-state index in [1.807, 2.05) is 11.4 Å². The summed E-state index contributed by atoms with van der Waals surface area (Å²) in [7, 11) is 0. The maximum absolute atomic E-state index is 12.0. The van der Waals surface area contributed by atoms with Gasteiger partial charge in [0.1, 0.15) is 0 Å². The van der Waals surface area contributed by atoms with Gasteiger partial charge in [-0.3, -0.25) is 9.59 Å². The van der Waals surface area contributed by atoms with Gasteiger partial charge >= 0.3 is 0 Å². The first kappa shape index (κ1) is 17.0. The van der Waals surface area contributed by atoms with Gasteiger partial charge < -0.3 is 15.3 Å². The van der Waals surface area contributed by atoms with E-state index in [1.54, 1.807) is 16.2 Å². The van der Waals surface area contributed by atoms with E-state index < -0.39 is 0 Å². The van der Waals surface area contributed by atoms with Crippen LogP contribution in [0.25, 0.3) is 0 Å². The number of nitrogens with one attached hydrogen (secondary N) is 1. The Labute approximate surface area is 135 Å². The predicted octanol–water partition coefficient (Wildman–Crippen LogP) is 1.42. The van der Waals surface area contributed by atoms with Gasteiger partial charge in [-0.1, -0.05) is 6.42 Å². The summed E-state index contributed by atoms with van der Waals surface area (Å²) in [6.07, 6.45) is 4.24. The number of nitrogens with zero attached hydrogens (tertiary/aromatic N) is 1. The fraction of sp³-hybridized carbons (Fsp3) is 0.625. The second-order valence-corrected chi connectivity index (χ2v) is 6.59. The van der Waals surface area contributed by atoms with Crippen LogP contribution in [-0.2, 0) is 16.0 Å². The Morgan fingerprint density at radius 2 is 2.27 bits per heavy atom. The third kappa shape index (κ3) is 5.42. The largest absolute Gasteiger partial charge is 0.396 e. The molecule has 2 amide bonds. The minimum absolute atomic E-state index is 0.0124. The van der Waals surface area contributed by atoms with E-state index in [2.05, 4.69) is 10.7 Å². The van der Waals surface area contributed by atoms with Gasteiger partial charge in [-0.05, 0) is 41.7 Å². The second kappa shape index (κ2) is 8.90. The molecule has 0 aromatic carbocycles. The number of aliphatic hydroxyl groups excluding tert-OH is 1. The minimum Gasteiger partial charge on any atom is -0.396 e. The molecule has 1 saturated heterocycles. The lowest BCUT2D eigenvalue weighted by molar-refractivity contribution is -0.135. The highest BCUT2D eigenvalue weighted by atomic mass is 32.1. The van der Waals surface area contributed by atoms with Crippen molar-refractivity contribution in [2.24, 2.45) is 5.92 Å². The Morgan fingerprint density at radius 3 is 3.00 bits per heavy atom. The number of carbonyl (C=O) groups is 2. The molecular weight excluding hydrogens is 300 g/mol. The molecule has 0 bridgehead atoms. The molecule has 0 spiro atoms. The smallest absolute Gasteiger partial charge is 0.239 e. The van der Waals surface area contributed by atoms with E-state index in [0.717, 1.165) is 25.7 Å². The molecule has 2 rings (SSSR count). The number of hydrogen-bond donors (Lipinski definition) is 2. The quantitative estimate of drug-likeness (QED) is 0.797. The summed E-state index contributed by atoms with van der Waals surface area (Å²) >= 11 is 1.63. The average Bonchev–Trinajstić information content (AvgIpc) is 2.94. The van der Waals surface area contributed by atoms with Gasteiger partial charge in [0.25, 0.3) is 0 Å². The molecule has 22 heavy (non-hydrogen) atoms. The van der Waals surface area contributed by atoms with Crippen LogP contribution in [0.1, 0.15) is 31.2 Å². The molecule has 6 heteroatoms. The summed E-state index contributed by atoms with van der Waals surface area (Å²) in [5.74, 6) is -0.0537. The number of amides is 2. The SMILES string of the molecule is O=C(CN1CCCCCC1=O)NC[C@H](CO)Cc1ccsc1. The monoisotopic (exact) mass is 324 g/mol. The van der Waals surface area contributed by atoms with Crippen LogP contribution in [0, 0.1) is 5.92 Å². The van der Waals surface area contributed by atoms with E-state index in [-0.39, 0.29) is 30.9 Å². The fourth-order valence-corrected chi connectivity index (χ4v) is 3.32. The molecule has 2 heterocycles. The van der Waals surface area contributed by atoms with E-state index in [1.165, 1.54) is 5.56 Å². The van der Waals surface area contributed by atoms with Crippen LogP contribution in [0.4, 0.5) is 0 Å². The first-order valence-corrected chi connectivity index (χ1v) is 8.79. The number of carbonyl (C=O) groups excluding carboxylic acids is 2. The maximum atomic E-state index is 12.0. The summed E-state index contributed by atoms with van der Waals surface area (Å²) in [5, 5.41) is 16.3. The van der Waals surface area contributed by atoms with Crippen LogP contribution in [0.3, 0.4) is 0 Å². The molecule has 0 aliphatic carbocycles. The van der Waals surface area contributed by atoms with Gasteiger partial charge in [-0.25, -0.2) is 0 Å². The Bertz CT molecular complexity index is 476. The van der Waals surface area contributed by atoms with E-state index in [9.17, 15) is 14.7 Å². The van der Waals surface area contributed by atoms with Crippen molar-refractivity contribution in [1.29, 1.82) is 0 Å². The van der Waals surface area contributed by atoms with Crippen LogP contribution in [0.15, 0.2) is 16.8 Å². The summed E-state index contributed by atoms with van der Waals surface area (Å²) in [6.45, 7) is 1.28. The number of aliphatic hydroxyl groups is 1. The van der Waals surface area contributed by atoms with E-state index >= 15 is 0 Å². The Balaban J connectivity index is 1.74. The molecule has 2 N–H and O–H groups in total. The summed E-state index contributed by atoms with van der Waals surface area (Å²) in [6, 6.07) is 2.03. The first-order chi connectivity index (χ1) is 10.7. The molecule has 1 aromatic rings. The Hall–Kier alpha value is -1.40. The van der Waals surface area contributed by atoms with Gasteiger partial charge in [0.15, 0.2) is 0 Å². The second-order valence-electron chi connectivity index (χ2n) is 5.81. The summed E-state index contributed by atoms with van der Waals surface area (Å²) in [4.78, 5) is 25.5. The van der Waals surface area contributed by atoms with Crippen molar-refractivity contribution in [2.45, 2.75) is 32.1 Å². The topological polar surface area (TPSA) is 69.6 Å². The third-order valence-corrected chi connectivity index (χ3v) is 4.69. The van der Waals surface area contributed by atoms with Crippen molar-refractivity contribution in [2.75, 3.05) is 26.2 Å². The maximum Gasteiger partial charge on any atom is 0.239 e. The lowest BCUT2D eigenvalue weighted by Gasteiger charge is -2.21. The van der Waals surface area contributed by atoms with Gasteiger partial charge in [0, 0.05) is 32.0 Å². The zero-order chi connectivity index (χ0) is 15.8. The van der Waals surface area contributed by atoms with Gasteiger partial charge in [0.05, 0.1) is 6.54 Å². The molecule has 1 atom stereocenters. The number of rotatable bonds is 7. The molecule has 0 unspecified atom stereocenters. The van der Waals surface area contributed by atoms with Crippen molar-refractivity contribution in [3.8, 4) is 0 Å². The fourth-order valence-electron chi connectivity index (χ4n) is 2.64. The Kier molecular flexibility index (Phi) is 6.86. The zero-order valence-corrected chi connectivity index (χ0v) is 13.6. The van der Waals surface area contributed by atoms with E-state index in [4.69, 9.17) is 0 Å². The van der Waals surface area contributed by atoms with Crippen molar-refractivity contribution in [1.82, 2.24) is 10.2 Å². The molecule has 1 aromatic heterocycles. The van der Waals surface area contributed by atoms with Crippen LogP contribution in [-0.4, -0.2) is 48.1 Å². The molecule has 1 fully saturated rings. The van der Waals surface area contributed by atoms with Crippen molar-refractivity contribution < 1.29 is 14.7 Å². The minimum atomic E-state index is -0.140. The van der Waals surface area contributed by atoms with Crippen LogP contribution in [0.2, 0.25) is 0 Å². The Morgan fingerprint density at radius 1 is 1.41 bits per heavy atom. The highest BCUT2D eigenvalue weighted by Crippen LogP contribution is 2.12. The van der Waals surface area contributed by atoms with Crippen molar-refractivity contribution in [3.63, 3.8) is 0 Å². The normalized spacial score (nSPS) is 17.1. The standard InChI is InChI=1S/C16H24N2O3S/c19-11-14(8-13-5-7-22-12-13)9-17-15(20)10-18-6-3-1-2-4-16(18)21/h5,7,12,14,19H,1-4,6,8-11H2,(H,17,20)/t14-/m1/s1. The van der Waals surface area contributed by atoms with Gasteiger partial charge in [0.2, 0.25) is 11.8 Å². The van der Waals surface area contributed by atoms with Gasteiger partial charge in [-0.15, -0.1) is 0 Å². The van der Waals surface area contributed by atoms with Gasteiger partial charge in [-0.2, -0.15) is 11.3 Å². The van der Waals surface area contributed by atoms with Crippen LogP contribution in [0.5, 0.6) is 0 Å². The third-order valence-electron chi connectivity index (χ3n) is 3.96. The van der Waals surface area contributed by atoms with Crippen LogP contribution >= 0.6 is 11.3 Å². The number of thiophene rings is 1. The molecule has 0 saturated carbocycles. The first-order valence-electron chi connectivity index (χ1n) is 7.85. The lowest BCUT2D eigenvalue weighted by atomic mass is 10.0. The highest BCUT2D eigenvalue weighted by molar-refractivity contribution is 7.07. The average molecular weight is 324 g/mol. The molecular formula is C16H24N2O3S. The lowest BCUT2D eigenvalue weighted by Crippen LogP contribution is -2.42. The molecule has 0 radical (unpaired) electrons. The predicted molar refractivity (Wildman–Crippen MR) is 86.7 cm³/mol. The molecule has 1 aliphatic heterocycles. The highest BCUT2D eigenvalue weighted by Gasteiger charge is 2.19. The molecule has 5 nitrogen and oxygen atoms in total.